The van der Waals surface area contributed by atoms with E-state index in [1.165, 1.54) is 11.1 Å². The highest BCUT2D eigenvalue weighted by atomic mass is 16.3. The van der Waals surface area contributed by atoms with Gasteiger partial charge in [0.1, 0.15) is 5.75 Å². The van der Waals surface area contributed by atoms with Crippen LogP contribution in [0.2, 0.25) is 0 Å². The Morgan fingerprint density at radius 1 is 0.633 bits per heavy atom. The Hall–Kier alpha value is -2.66. The van der Waals surface area contributed by atoms with E-state index in [-0.39, 0.29) is 17.8 Å². The van der Waals surface area contributed by atoms with E-state index in [2.05, 4.69) is 77.4 Å². The molecule has 3 aromatic carbocycles. The summed E-state index contributed by atoms with van der Waals surface area (Å²) in [6.45, 7) is 5.79. The molecule has 30 heavy (non-hydrogen) atoms. The number of aliphatic hydroxyl groups excluding tert-OH is 1. The van der Waals surface area contributed by atoms with Crippen molar-refractivity contribution in [2.45, 2.75) is 25.1 Å². The molecule has 2 N–H and O–H groups in total. The van der Waals surface area contributed by atoms with Gasteiger partial charge in [0.15, 0.2) is 0 Å². The fourth-order valence-corrected chi connectivity index (χ4v) is 4.44. The molecule has 0 bridgehead atoms. The number of phenolic OH excluding ortho intramolecular Hbond substituents is 1. The molecule has 4 rings (SSSR count). The van der Waals surface area contributed by atoms with E-state index in [1.807, 2.05) is 0 Å². The van der Waals surface area contributed by atoms with E-state index in [9.17, 15) is 10.2 Å². The second-order valence-corrected chi connectivity index (χ2v) is 8.07. The van der Waals surface area contributed by atoms with Crippen molar-refractivity contribution in [3.63, 3.8) is 0 Å². The van der Waals surface area contributed by atoms with Gasteiger partial charge in [0, 0.05) is 32.2 Å². The molecule has 0 aromatic heterocycles. The maximum absolute atomic E-state index is 10.8. The summed E-state index contributed by atoms with van der Waals surface area (Å²) in [5, 5.41) is 20.3. The summed E-state index contributed by atoms with van der Waals surface area (Å²) < 4.78 is 0. The summed E-state index contributed by atoms with van der Waals surface area (Å²) in [5.41, 5.74) is 3.47. The van der Waals surface area contributed by atoms with Crippen molar-refractivity contribution < 1.29 is 10.2 Å². The zero-order valence-electron chi connectivity index (χ0n) is 17.4. The molecular formula is C26H30N2O2. The standard InChI is InChI=1S/C26H30N2O2/c1-20(26(30)23-12-14-24(29)15-13-23)27-16-18-28(19-17-27)25(21-8-4-2-5-9-21)22-10-6-3-7-11-22/h2-15,20,25-26,29-30H,16-19H2,1H3/t20-,26-/m0/s1. The Morgan fingerprint density at radius 2 is 1.10 bits per heavy atom. The first-order chi connectivity index (χ1) is 14.6. The highest BCUT2D eigenvalue weighted by Gasteiger charge is 2.30. The molecule has 1 saturated heterocycles. The average molecular weight is 403 g/mol. The normalized spacial score (nSPS) is 17.7. The summed E-state index contributed by atoms with van der Waals surface area (Å²) in [4.78, 5) is 4.90. The average Bonchev–Trinajstić information content (AvgIpc) is 2.81. The molecule has 1 heterocycles. The summed E-state index contributed by atoms with van der Waals surface area (Å²) >= 11 is 0. The third kappa shape index (κ3) is 4.57. The number of nitrogens with zero attached hydrogens (tertiary/aromatic N) is 2. The van der Waals surface area contributed by atoms with Gasteiger partial charge in [-0.3, -0.25) is 9.80 Å². The van der Waals surface area contributed by atoms with Gasteiger partial charge >= 0.3 is 0 Å². The molecule has 1 fully saturated rings. The molecular weight excluding hydrogens is 372 g/mol. The van der Waals surface area contributed by atoms with Crippen LogP contribution >= 0.6 is 0 Å². The first-order valence-electron chi connectivity index (χ1n) is 10.7. The van der Waals surface area contributed by atoms with Gasteiger partial charge < -0.3 is 10.2 Å². The van der Waals surface area contributed by atoms with Crippen molar-refractivity contribution in [2.24, 2.45) is 0 Å². The van der Waals surface area contributed by atoms with Crippen LogP contribution in [0.5, 0.6) is 5.75 Å². The second kappa shape index (κ2) is 9.43. The van der Waals surface area contributed by atoms with Crippen LogP contribution in [0.1, 0.15) is 35.8 Å². The van der Waals surface area contributed by atoms with E-state index in [0.29, 0.717) is 0 Å². The Morgan fingerprint density at radius 3 is 1.60 bits per heavy atom. The van der Waals surface area contributed by atoms with E-state index in [0.717, 1.165) is 31.7 Å². The minimum atomic E-state index is -0.573. The minimum absolute atomic E-state index is 0.0172. The van der Waals surface area contributed by atoms with Gasteiger partial charge in [0.2, 0.25) is 0 Å². The number of phenols is 1. The van der Waals surface area contributed by atoms with Crippen LogP contribution in [-0.2, 0) is 0 Å². The lowest BCUT2D eigenvalue weighted by atomic mass is 9.96. The highest BCUT2D eigenvalue weighted by molar-refractivity contribution is 5.32. The SMILES string of the molecule is C[C@@H]([C@H](O)c1ccc(O)cc1)N1CCN(C(c2ccccc2)c2ccccc2)CC1. The summed E-state index contributed by atoms with van der Waals surface area (Å²) in [6, 6.07) is 28.5. The fourth-order valence-electron chi connectivity index (χ4n) is 4.44. The van der Waals surface area contributed by atoms with Gasteiger partial charge in [-0.2, -0.15) is 0 Å². The van der Waals surface area contributed by atoms with E-state index >= 15 is 0 Å². The van der Waals surface area contributed by atoms with Gasteiger partial charge in [0.05, 0.1) is 12.1 Å². The molecule has 0 aliphatic carbocycles. The molecule has 0 spiro atoms. The number of aliphatic hydroxyl groups is 1. The molecule has 1 aliphatic rings. The molecule has 2 atom stereocenters. The lowest BCUT2D eigenvalue weighted by molar-refractivity contribution is 0.0195. The summed E-state index contributed by atoms with van der Waals surface area (Å²) in [7, 11) is 0. The Labute approximate surface area is 179 Å². The van der Waals surface area contributed by atoms with Gasteiger partial charge in [-0.1, -0.05) is 72.8 Å². The third-order valence-electron chi connectivity index (χ3n) is 6.21. The van der Waals surface area contributed by atoms with Crippen LogP contribution in [0, 0.1) is 0 Å². The molecule has 4 heteroatoms. The number of rotatable bonds is 6. The predicted octanol–water partition coefficient (Wildman–Crippen LogP) is 4.22. The van der Waals surface area contributed by atoms with Crippen molar-refractivity contribution in [1.29, 1.82) is 0 Å². The van der Waals surface area contributed by atoms with Crippen molar-refractivity contribution in [3.8, 4) is 5.75 Å². The van der Waals surface area contributed by atoms with Gasteiger partial charge in [-0.15, -0.1) is 0 Å². The molecule has 0 unspecified atom stereocenters. The number of hydrogen-bond acceptors (Lipinski definition) is 4. The Balaban J connectivity index is 1.46. The van der Waals surface area contributed by atoms with Crippen LogP contribution in [0.15, 0.2) is 84.9 Å². The van der Waals surface area contributed by atoms with Gasteiger partial charge in [0.25, 0.3) is 0 Å². The van der Waals surface area contributed by atoms with Gasteiger partial charge in [-0.05, 0) is 35.7 Å². The first-order valence-corrected chi connectivity index (χ1v) is 10.7. The molecule has 0 amide bonds. The van der Waals surface area contributed by atoms with Crippen molar-refractivity contribution in [3.05, 3.63) is 102 Å². The minimum Gasteiger partial charge on any atom is -0.508 e. The predicted molar refractivity (Wildman–Crippen MR) is 120 cm³/mol. The zero-order chi connectivity index (χ0) is 20.9. The molecule has 0 radical (unpaired) electrons. The monoisotopic (exact) mass is 402 g/mol. The quantitative estimate of drug-likeness (QED) is 0.648. The Kier molecular flexibility index (Phi) is 6.48. The summed E-state index contributed by atoms with van der Waals surface area (Å²) in [6.07, 6.45) is -0.573. The van der Waals surface area contributed by atoms with Crippen LogP contribution < -0.4 is 0 Å². The largest absolute Gasteiger partial charge is 0.508 e. The second-order valence-electron chi connectivity index (χ2n) is 8.07. The van der Waals surface area contributed by atoms with Gasteiger partial charge in [-0.25, -0.2) is 0 Å². The lowest BCUT2D eigenvalue weighted by Gasteiger charge is -2.43. The van der Waals surface area contributed by atoms with Crippen molar-refractivity contribution >= 4 is 0 Å². The van der Waals surface area contributed by atoms with Crippen LogP contribution in [0.4, 0.5) is 0 Å². The molecule has 156 valence electrons. The van der Waals surface area contributed by atoms with Crippen LogP contribution in [-0.4, -0.2) is 52.2 Å². The summed E-state index contributed by atoms with van der Waals surface area (Å²) in [5.74, 6) is 0.222. The zero-order valence-corrected chi connectivity index (χ0v) is 17.4. The van der Waals surface area contributed by atoms with Crippen LogP contribution in [0.3, 0.4) is 0 Å². The van der Waals surface area contributed by atoms with E-state index < -0.39 is 6.10 Å². The molecule has 0 saturated carbocycles. The van der Waals surface area contributed by atoms with Crippen molar-refractivity contribution in [1.82, 2.24) is 9.80 Å². The molecule has 3 aromatic rings. The topological polar surface area (TPSA) is 46.9 Å². The van der Waals surface area contributed by atoms with E-state index in [1.54, 1.807) is 24.3 Å². The smallest absolute Gasteiger partial charge is 0.115 e. The van der Waals surface area contributed by atoms with Crippen LogP contribution in [0.25, 0.3) is 0 Å². The third-order valence-corrected chi connectivity index (χ3v) is 6.21. The number of hydrogen-bond donors (Lipinski definition) is 2. The molecule has 4 nitrogen and oxygen atoms in total. The lowest BCUT2D eigenvalue weighted by Crippen LogP contribution is -2.51. The fraction of sp³-hybridized carbons (Fsp3) is 0.308. The first kappa shape index (κ1) is 20.6. The number of benzene rings is 3. The maximum atomic E-state index is 10.8. The maximum Gasteiger partial charge on any atom is 0.115 e. The molecule has 1 aliphatic heterocycles. The number of piperazine rings is 1. The number of aromatic hydroxyl groups is 1. The van der Waals surface area contributed by atoms with E-state index in [4.69, 9.17) is 0 Å². The highest BCUT2D eigenvalue weighted by Crippen LogP contribution is 2.31. The van der Waals surface area contributed by atoms with Crippen molar-refractivity contribution in [2.75, 3.05) is 26.2 Å². The Bertz CT molecular complexity index is 867.